The van der Waals surface area contributed by atoms with Gasteiger partial charge in [-0.05, 0) is 38.0 Å². The van der Waals surface area contributed by atoms with Gasteiger partial charge in [0.15, 0.2) is 5.43 Å². The highest BCUT2D eigenvalue weighted by atomic mass is 16.1. The maximum absolute atomic E-state index is 11.4. The molecule has 0 radical (unpaired) electrons. The Kier molecular flexibility index (Phi) is 2.90. The first-order valence-corrected chi connectivity index (χ1v) is 6.83. The van der Waals surface area contributed by atoms with Crippen LogP contribution in [0.3, 0.4) is 0 Å². The van der Waals surface area contributed by atoms with E-state index in [9.17, 15) is 4.79 Å². The molecule has 0 amide bonds. The van der Waals surface area contributed by atoms with Crippen molar-refractivity contribution in [2.75, 3.05) is 0 Å². The van der Waals surface area contributed by atoms with Crippen LogP contribution in [0.4, 0.5) is 0 Å². The standard InChI is InChI=1S/C16H18N2O/c1-3-4-5-11-8-14-13-7-6-12(19)9-15(13)18-16(14)10(2)17-11/h6-9,17-18H,3-5H2,1-2H3. The molecule has 3 aromatic rings. The molecule has 3 nitrogen and oxygen atoms in total. The van der Waals surface area contributed by atoms with Crippen molar-refractivity contribution in [1.82, 2.24) is 9.97 Å². The number of aromatic nitrogens is 2. The summed E-state index contributed by atoms with van der Waals surface area (Å²) in [5.74, 6) is 0. The lowest BCUT2D eigenvalue weighted by Gasteiger charge is -2.05. The zero-order valence-corrected chi connectivity index (χ0v) is 11.3. The lowest BCUT2D eigenvalue weighted by Crippen LogP contribution is -1.93. The summed E-state index contributed by atoms with van der Waals surface area (Å²) in [6, 6.07) is 7.43. The van der Waals surface area contributed by atoms with Crippen molar-refractivity contribution >= 4 is 21.8 Å². The van der Waals surface area contributed by atoms with Gasteiger partial charge in [0.2, 0.25) is 0 Å². The van der Waals surface area contributed by atoms with E-state index in [0.717, 1.165) is 28.5 Å². The van der Waals surface area contributed by atoms with Crippen molar-refractivity contribution < 1.29 is 0 Å². The van der Waals surface area contributed by atoms with Gasteiger partial charge in [0.25, 0.3) is 0 Å². The molecular weight excluding hydrogens is 236 g/mol. The molecule has 1 aromatic carbocycles. The summed E-state index contributed by atoms with van der Waals surface area (Å²) in [5, 5.41) is 2.34. The Labute approximate surface area is 111 Å². The van der Waals surface area contributed by atoms with E-state index in [-0.39, 0.29) is 5.43 Å². The molecule has 0 saturated heterocycles. The highest BCUT2D eigenvalue weighted by Crippen LogP contribution is 2.26. The minimum absolute atomic E-state index is 0.0481. The number of fused-ring (bicyclic) bond motifs is 3. The van der Waals surface area contributed by atoms with E-state index in [0.29, 0.717) is 0 Å². The second kappa shape index (κ2) is 4.57. The molecule has 0 aliphatic rings. The Morgan fingerprint density at radius 3 is 2.74 bits per heavy atom. The Morgan fingerprint density at radius 1 is 1.11 bits per heavy atom. The molecule has 0 atom stereocenters. The molecule has 98 valence electrons. The lowest BCUT2D eigenvalue weighted by atomic mass is 10.1. The molecule has 2 aromatic heterocycles. The molecule has 3 rings (SSSR count). The van der Waals surface area contributed by atoms with Crippen LogP contribution in [-0.4, -0.2) is 9.97 Å². The molecule has 0 aliphatic carbocycles. The van der Waals surface area contributed by atoms with E-state index in [1.54, 1.807) is 12.1 Å². The van der Waals surface area contributed by atoms with Gasteiger partial charge >= 0.3 is 0 Å². The fourth-order valence-corrected chi connectivity index (χ4v) is 2.66. The predicted octanol–water partition coefficient (Wildman–Crippen LogP) is 3.66. The monoisotopic (exact) mass is 254 g/mol. The van der Waals surface area contributed by atoms with Crippen molar-refractivity contribution in [3.05, 3.63) is 45.9 Å². The second-order valence-electron chi connectivity index (χ2n) is 5.14. The van der Waals surface area contributed by atoms with Crippen LogP contribution in [0.5, 0.6) is 0 Å². The third-order valence-electron chi connectivity index (χ3n) is 3.65. The van der Waals surface area contributed by atoms with Crippen LogP contribution >= 0.6 is 0 Å². The molecule has 0 unspecified atom stereocenters. The molecule has 2 heterocycles. The normalized spacial score (nSPS) is 11.5. The number of hydrogen-bond acceptors (Lipinski definition) is 1. The van der Waals surface area contributed by atoms with Crippen LogP contribution in [-0.2, 0) is 6.42 Å². The maximum Gasteiger partial charge on any atom is 0.180 e. The molecular formula is C16H18N2O. The van der Waals surface area contributed by atoms with Crippen LogP contribution in [0.15, 0.2) is 29.1 Å². The first-order valence-electron chi connectivity index (χ1n) is 6.83. The lowest BCUT2D eigenvalue weighted by molar-refractivity contribution is 0.775. The second-order valence-corrected chi connectivity index (χ2v) is 5.14. The fraction of sp³-hybridized carbons (Fsp3) is 0.312. The highest BCUT2D eigenvalue weighted by Gasteiger charge is 2.08. The molecule has 0 fully saturated rings. The van der Waals surface area contributed by atoms with Crippen molar-refractivity contribution in [2.24, 2.45) is 0 Å². The molecule has 3 heteroatoms. The van der Waals surface area contributed by atoms with Crippen molar-refractivity contribution in [2.45, 2.75) is 33.1 Å². The number of aromatic amines is 2. The number of unbranched alkanes of at least 4 members (excludes halogenated alkanes) is 1. The minimum atomic E-state index is 0.0481. The number of aryl methyl sites for hydroxylation is 2. The largest absolute Gasteiger partial charge is 0.361 e. The Bertz CT molecular complexity index is 795. The van der Waals surface area contributed by atoms with Gasteiger partial charge in [-0.3, -0.25) is 4.79 Å². The van der Waals surface area contributed by atoms with E-state index in [4.69, 9.17) is 0 Å². The number of H-pyrrole nitrogens is 2. The molecule has 19 heavy (non-hydrogen) atoms. The van der Waals surface area contributed by atoms with Crippen molar-refractivity contribution in [3.8, 4) is 0 Å². The summed E-state index contributed by atoms with van der Waals surface area (Å²) >= 11 is 0. The molecule has 0 spiro atoms. The van der Waals surface area contributed by atoms with E-state index < -0.39 is 0 Å². The summed E-state index contributed by atoms with van der Waals surface area (Å²) in [6.45, 7) is 4.28. The number of benzene rings is 1. The predicted molar refractivity (Wildman–Crippen MR) is 79.8 cm³/mol. The van der Waals surface area contributed by atoms with Crippen LogP contribution in [0.2, 0.25) is 0 Å². The Morgan fingerprint density at radius 2 is 1.95 bits per heavy atom. The van der Waals surface area contributed by atoms with Crippen molar-refractivity contribution in [3.63, 3.8) is 0 Å². The average Bonchev–Trinajstić information content (AvgIpc) is 2.74. The zero-order valence-electron chi connectivity index (χ0n) is 11.3. The smallest absolute Gasteiger partial charge is 0.180 e. The van der Waals surface area contributed by atoms with E-state index in [1.807, 2.05) is 6.07 Å². The van der Waals surface area contributed by atoms with Crippen LogP contribution in [0, 0.1) is 6.92 Å². The fourth-order valence-electron chi connectivity index (χ4n) is 2.66. The van der Waals surface area contributed by atoms with Crippen LogP contribution < -0.4 is 5.43 Å². The highest BCUT2D eigenvalue weighted by molar-refractivity contribution is 6.07. The number of rotatable bonds is 3. The minimum Gasteiger partial charge on any atom is -0.361 e. The van der Waals surface area contributed by atoms with Gasteiger partial charge in [-0.15, -0.1) is 0 Å². The van der Waals surface area contributed by atoms with Gasteiger partial charge in [0.1, 0.15) is 0 Å². The molecule has 0 saturated carbocycles. The SMILES string of the molecule is CCCCc1cc2c([nH]c3cc(=O)ccc32)c(C)[nH]1. The quantitative estimate of drug-likeness (QED) is 0.736. The van der Waals surface area contributed by atoms with Gasteiger partial charge < -0.3 is 9.97 Å². The Balaban J connectivity index is 2.26. The van der Waals surface area contributed by atoms with E-state index >= 15 is 0 Å². The van der Waals surface area contributed by atoms with Gasteiger partial charge in [0, 0.05) is 28.2 Å². The van der Waals surface area contributed by atoms with Gasteiger partial charge in [0.05, 0.1) is 11.0 Å². The third-order valence-corrected chi connectivity index (χ3v) is 3.65. The molecule has 0 aliphatic heterocycles. The third kappa shape index (κ3) is 2.05. The zero-order chi connectivity index (χ0) is 13.4. The van der Waals surface area contributed by atoms with Gasteiger partial charge in [-0.1, -0.05) is 13.3 Å². The van der Waals surface area contributed by atoms with Gasteiger partial charge in [-0.25, -0.2) is 0 Å². The topological polar surface area (TPSA) is 48.6 Å². The summed E-state index contributed by atoms with van der Waals surface area (Å²) in [7, 11) is 0. The summed E-state index contributed by atoms with van der Waals surface area (Å²) in [4.78, 5) is 18.2. The van der Waals surface area contributed by atoms with E-state index in [2.05, 4.69) is 29.9 Å². The van der Waals surface area contributed by atoms with Crippen molar-refractivity contribution in [1.29, 1.82) is 0 Å². The number of pyridine rings is 1. The first-order chi connectivity index (χ1) is 9.19. The maximum atomic E-state index is 11.4. The summed E-state index contributed by atoms with van der Waals surface area (Å²) < 4.78 is 0. The Hall–Kier alpha value is -2.03. The van der Waals surface area contributed by atoms with Crippen LogP contribution in [0.25, 0.3) is 21.8 Å². The molecule has 2 N–H and O–H groups in total. The molecule has 0 bridgehead atoms. The number of hydrogen-bond donors (Lipinski definition) is 2. The summed E-state index contributed by atoms with van der Waals surface area (Å²) in [6.07, 6.45) is 3.45. The number of nitrogens with one attached hydrogen (secondary N) is 2. The van der Waals surface area contributed by atoms with Gasteiger partial charge in [-0.2, -0.15) is 0 Å². The first kappa shape index (κ1) is 12.0. The van der Waals surface area contributed by atoms with Crippen LogP contribution in [0.1, 0.15) is 31.2 Å². The average molecular weight is 254 g/mol. The van der Waals surface area contributed by atoms with E-state index in [1.165, 1.54) is 23.9 Å². The summed E-state index contributed by atoms with van der Waals surface area (Å²) in [5.41, 5.74) is 4.46.